The third-order valence-corrected chi connectivity index (χ3v) is 3.59. The average molecular weight is 268 g/mol. The van der Waals surface area contributed by atoms with Crippen molar-refractivity contribution in [1.29, 1.82) is 0 Å². The predicted molar refractivity (Wildman–Crippen MR) is 68.9 cm³/mol. The number of hydrogen-bond acceptors (Lipinski definition) is 2. The standard InChI is InChI=1S/C13H14ClNO3/c1-7-4-9-5-8(2-3-12(16)17)13(18)15-11(9)6-10(7)14/h4,6,8H,2-3,5H2,1H3,(H,15,18)(H,16,17). The highest BCUT2D eigenvalue weighted by atomic mass is 35.5. The van der Waals surface area contributed by atoms with E-state index in [-0.39, 0.29) is 18.2 Å². The van der Waals surface area contributed by atoms with E-state index in [1.165, 1.54) is 0 Å². The SMILES string of the molecule is Cc1cc2c(cc1Cl)NC(=O)C(CCC(=O)O)C2. The van der Waals surface area contributed by atoms with E-state index < -0.39 is 5.97 Å². The predicted octanol–water partition coefficient (Wildman–Crippen LogP) is 2.62. The first-order chi connectivity index (χ1) is 8.47. The van der Waals surface area contributed by atoms with Crippen LogP contribution in [0.15, 0.2) is 12.1 Å². The number of anilines is 1. The first-order valence-electron chi connectivity index (χ1n) is 5.79. The molecule has 5 heteroatoms. The molecular formula is C13H14ClNO3. The van der Waals surface area contributed by atoms with E-state index in [1.54, 1.807) is 6.07 Å². The van der Waals surface area contributed by atoms with Gasteiger partial charge in [0.2, 0.25) is 5.91 Å². The first-order valence-corrected chi connectivity index (χ1v) is 6.17. The van der Waals surface area contributed by atoms with E-state index in [9.17, 15) is 9.59 Å². The Kier molecular flexibility index (Phi) is 3.57. The summed E-state index contributed by atoms with van der Waals surface area (Å²) in [7, 11) is 0. The normalized spacial score (nSPS) is 18.1. The second kappa shape index (κ2) is 4.98. The molecule has 0 aromatic heterocycles. The maximum absolute atomic E-state index is 11.8. The molecule has 1 atom stereocenters. The largest absolute Gasteiger partial charge is 0.481 e. The average Bonchev–Trinajstić information content (AvgIpc) is 2.29. The molecule has 0 radical (unpaired) electrons. The Morgan fingerprint density at radius 1 is 1.56 bits per heavy atom. The summed E-state index contributed by atoms with van der Waals surface area (Å²) in [6, 6.07) is 3.70. The number of nitrogens with one attached hydrogen (secondary N) is 1. The Hall–Kier alpha value is -1.55. The lowest BCUT2D eigenvalue weighted by Gasteiger charge is -2.25. The van der Waals surface area contributed by atoms with Crippen LogP contribution in [0.3, 0.4) is 0 Å². The molecule has 1 heterocycles. The quantitative estimate of drug-likeness (QED) is 0.885. The monoisotopic (exact) mass is 267 g/mol. The van der Waals surface area contributed by atoms with Crippen LogP contribution in [0.25, 0.3) is 0 Å². The summed E-state index contributed by atoms with van der Waals surface area (Å²) in [6.07, 6.45) is 0.953. The number of halogens is 1. The first kappa shape index (κ1) is 12.9. The van der Waals surface area contributed by atoms with Crippen molar-refractivity contribution < 1.29 is 14.7 Å². The summed E-state index contributed by atoms with van der Waals surface area (Å²) in [5.74, 6) is -1.27. The number of hydrogen-bond donors (Lipinski definition) is 2. The minimum Gasteiger partial charge on any atom is -0.481 e. The summed E-state index contributed by atoms with van der Waals surface area (Å²) < 4.78 is 0. The number of aryl methyl sites for hydroxylation is 1. The van der Waals surface area contributed by atoms with Gasteiger partial charge in [-0.2, -0.15) is 0 Å². The van der Waals surface area contributed by atoms with Gasteiger partial charge in [-0.05, 0) is 37.0 Å². The van der Waals surface area contributed by atoms with Crippen LogP contribution in [-0.4, -0.2) is 17.0 Å². The second-order valence-corrected chi connectivity index (χ2v) is 4.99. The molecule has 1 aromatic rings. The Morgan fingerprint density at radius 3 is 2.94 bits per heavy atom. The number of carboxylic acid groups (broad SMARTS) is 1. The van der Waals surface area contributed by atoms with Crippen molar-refractivity contribution in [2.24, 2.45) is 5.92 Å². The molecule has 2 N–H and O–H groups in total. The zero-order chi connectivity index (χ0) is 13.3. The van der Waals surface area contributed by atoms with Crippen molar-refractivity contribution >= 4 is 29.2 Å². The van der Waals surface area contributed by atoms with E-state index >= 15 is 0 Å². The van der Waals surface area contributed by atoms with Crippen LogP contribution in [0, 0.1) is 12.8 Å². The highest BCUT2D eigenvalue weighted by molar-refractivity contribution is 6.31. The minimum absolute atomic E-state index is 0.0139. The van der Waals surface area contributed by atoms with Crippen molar-refractivity contribution in [3.8, 4) is 0 Å². The van der Waals surface area contributed by atoms with Gasteiger partial charge in [0, 0.05) is 23.0 Å². The van der Waals surface area contributed by atoms with E-state index in [0.29, 0.717) is 17.9 Å². The fourth-order valence-corrected chi connectivity index (χ4v) is 2.31. The molecule has 1 amide bonds. The summed E-state index contributed by atoms with van der Waals surface area (Å²) in [5.41, 5.74) is 2.72. The zero-order valence-electron chi connectivity index (χ0n) is 10.00. The highest BCUT2D eigenvalue weighted by Gasteiger charge is 2.26. The molecule has 4 nitrogen and oxygen atoms in total. The van der Waals surface area contributed by atoms with Crippen LogP contribution in [-0.2, 0) is 16.0 Å². The lowest BCUT2D eigenvalue weighted by atomic mass is 9.89. The van der Waals surface area contributed by atoms with Gasteiger partial charge in [-0.3, -0.25) is 9.59 Å². The maximum Gasteiger partial charge on any atom is 0.303 e. The van der Waals surface area contributed by atoms with E-state index in [4.69, 9.17) is 16.7 Å². The van der Waals surface area contributed by atoms with Gasteiger partial charge in [-0.1, -0.05) is 17.7 Å². The zero-order valence-corrected chi connectivity index (χ0v) is 10.8. The molecule has 0 fully saturated rings. The summed E-state index contributed by atoms with van der Waals surface area (Å²) in [5, 5.41) is 12.1. The van der Waals surface area contributed by atoms with Gasteiger partial charge < -0.3 is 10.4 Å². The van der Waals surface area contributed by atoms with Gasteiger partial charge in [0.1, 0.15) is 0 Å². The minimum atomic E-state index is -0.874. The number of fused-ring (bicyclic) bond motifs is 1. The molecule has 2 rings (SSSR count). The van der Waals surface area contributed by atoms with Crippen LogP contribution >= 0.6 is 11.6 Å². The fraction of sp³-hybridized carbons (Fsp3) is 0.385. The lowest BCUT2D eigenvalue weighted by Crippen LogP contribution is -2.30. The van der Waals surface area contributed by atoms with Crippen molar-refractivity contribution in [2.75, 3.05) is 5.32 Å². The second-order valence-electron chi connectivity index (χ2n) is 4.58. The van der Waals surface area contributed by atoms with Gasteiger partial charge in [0.05, 0.1) is 0 Å². The number of amides is 1. The molecule has 1 aliphatic heterocycles. The molecule has 0 aliphatic carbocycles. The summed E-state index contributed by atoms with van der Waals surface area (Å²) in [4.78, 5) is 22.4. The Labute approximate surface area is 110 Å². The van der Waals surface area contributed by atoms with Gasteiger partial charge in [-0.15, -0.1) is 0 Å². The molecule has 1 aromatic carbocycles. The van der Waals surface area contributed by atoms with Crippen LogP contribution in [0.4, 0.5) is 5.69 Å². The lowest BCUT2D eigenvalue weighted by molar-refractivity contribution is -0.137. The number of rotatable bonds is 3. The van der Waals surface area contributed by atoms with E-state index in [1.807, 2.05) is 13.0 Å². The number of aliphatic carboxylic acids is 1. The molecule has 1 aliphatic rings. The van der Waals surface area contributed by atoms with Crippen molar-refractivity contribution in [2.45, 2.75) is 26.2 Å². The maximum atomic E-state index is 11.8. The topological polar surface area (TPSA) is 66.4 Å². The van der Waals surface area contributed by atoms with Gasteiger partial charge in [0.25, 0.3) is 0 Å². The number of benzene rings is 1. The van der Waals surface area contributed by atoms with Crippen molar-refractivity contribution in [1.82, 2.24) is 0 Å². The van der Waals surface area contributed by atoms with Gasteiger partial charge in [-0.25, -0.2) is 0 Å². The number of carboxylic acids is 1. The fourth-order valence-electron chi connectivity index (χ4n) is 2.15. The molecular weight excluding hydrogens is 254 g/mol. The van der Waals surface area contributed by atoms with Gasteiger partial charge in [0.15, 0.2) is 0 Å². The van der Waals surface area contributed by atoms with Crippen LogP contribution in [0.1, 0.15) is 24.0 Å². The smallest absolute Gasteiger partial charge is 0.303 e. The molecule has 1 unspecified atom stereocenters. The Bertz CT molecular complexity index is 513. The number of carbonyl (C=O) groups is 2. The molecule has 0 saturated carbocycles. The number of carbonyl (C=O) groups excluding carboxylic acids is 1. The molecule has 0 bridgehead atoms. The van der Waals surface area contributed by atoms with Crippen LogP contribution in [0.2, 0.25) is 5.02 Å². The molecule has 0 spiro atoms. The van der Waals surface area contributed by atoms with E-state index in [0.717, 1.165) is 16.8 Å². The summed E-state index contributed by atoms with van der Waals surface area (Å²) >= 11 is 6.00. The third-order valence-electron chi connectivity index (χ3n) is 3.19. The Balaban J connectivity index is 2.19. The highest BCUT2D eigenvalue weighted by Crippen LogP contribution is 2.32. The van der Waals surface area contributed by atoms with Crippen LogP contribution < -0.4 is 5.32 Å². The third kappa shape index (κ3) is 2.64. The molecule has 96 valence electrons. The van der Waals surface area contributed by atoms with Crippen molar-refractivity contribution in [3.05, 3.63) is 28.3 Å². The molecule has 0 saturated heterocycles. The van der Waals surface area contributed by atoms with Crippen LogP contribution in [0.5, 0.6) is 0 Å². The molecule has 18 heavy (non-hydrogen) atoms. The van der Waals surface area contributed by atoms with E-state index in [2.05, 4.69) is 5.32 Å². The van der Waals surface area contributed by atoms with Gasteiger partial charge >= 0.3 is 5.97 Å². The van der Waals surface area contributed by atoms with Crippen molar-refractivity contribution in [3.63, 3.8) is 0 Å². The Morgan fingerprint density at radius 2 is 2.28 bits per heavy atom. The summed E-state index contributed by atoms with van der Waals surface area (Å²) in [6.45, 7) is 1.91.